The molecule has 0 atom stereocenters. The van der Waals surface area contributed by atoms with Crippen LogP contribution in [-0.4, -0.2) is 51.2 Å². The van der Waals surface area contributed by atoms with E-state index in [9.17, 15) is 0 Å². The van der Waals surface area contributed by atoms with Gasteiger partial charge < -0.3 is 15.2 Å². The van der Waals surface area contributed by atoms with Crippen molar-refractivity contribution in [2.75, 3.05) is 26.2 Å². The van der Waals surface area contributed by atoms with Crippen molar-refractivity contribution in [3.8, 4) is 11.5 Å². The number of rotatable bonds is 9. The van der Waals surface area contributed by atoms with Crippen LogP contribution in [0.25, 0.3) is 33.7 Å². The summed E-state index contributed by atoms with van der Waals surface area (Å²) in [5.41, 5.74) is 8.67. The van der Waals surface area contributed by atoms with E-state index in [0.29, 0.717) is 0 Å². The molecule has 39 heavy (non-hydrogen) atoms. The number of aromatic nitrogens is 4. The summed E-state index contributed by atoms with van der Waals surface area (Å²) in [5, 5.41) is 12.4. The predicted molar refractivity (Wildman–Crippen MR) is 164 cm³/mol. The van der Waals surface area contributed by atoms with E-state index < -0.39 is 0 Å². The lowest BCUT2D eigenvalue weighted by Crippen LogP contribution is -2.28. The molecular formula is C33H42N6. The lowest BCUT2D eigenvalue weighted by atomic mass is 9.89. The van der Waals surface area contributed by atoms with Crippen LogP contribution in [0.1, 0.15) is 62.4 Å². The molecule has 0 unspecified atom stereocenters. The van der Waals surface area contributed by atoms with Crippen molar-refractivity contribution in [2.24, 2.45) is 5.92 Å². The van der Waals surface area contributed by atoms with E-state index in [0.717, 1.165) is 78.0 Å². The summed E-state index contributed by atoms with van der Waals surface area (Å²) in [6.07, 6.45) is 17.7. The van der Waals surface area contributed by atoms with Crippen LogP contribution in [-0.2, 0) is 0 Å². The Morgan fingerprint density at radius 1 is 1.13 bits per heavy atom. The average Bonchev–Trinajstić information content (AvgIpc) is 3.57. The Labute approximate surface area is 232 Å². The Hall–Kier alpha value is -3.64. The van der Waals surface area contributed by atoms with Crippen molar-refractivity contribution in [1.29, 1.82) is 0 Å². The second-order valence-electron chi connectivity index (χ2n) is 10.8. The number of aromatic amines is 2. The molecule has 0 spiro atoms. The second kappa shape index (κ2) is 12.5. The number of nitrogens with one attached hydrogen (secondary N) is 3. The maximum Gasteiger partial charge on any atom is 0.159 e. The first-order valence-corrected chi connectivity index (χ1v) is 14.4. The Morgan fingerprint density at radius 3 is 2.64 bits per heavy atom. The minimum atomic E-state index is 0.720. The van der Waals surface area contributed by atoms with Gasteiger partial charge >= 0.3 is 0 Å². The van der Waals surface area contributed by atoms with E-state index >= 15 is 0 Å². The Kier molecular flexibility index (Phi) is 8.62. The standard InChI is InChI=1S/C33H42N6/c1-5-11-30(39-18-9-8-10-19-39)31-23(4)35-33(36-31)32-28-22-27(12-13-29(28)37-38-32)26(7-3)21-24(6-2)20-25-14-16-34-17-15-25/h5-7,11-13,21-22,25,34H,1-2,8-10,14-20H2,3-4H3,(H,35,36)(H,37,38)/b24-21+,26-7+,30-11+. The molecule has 0 saturated carbocycles. The zero-order chi connectivity index (χ0) is 27.2. The van der Waals surface area contributed by atoms with Crippen LogP contribution in [0.2, 0.25) is 0 Å². The van der Waals surface area contributed by atoms with Gasteiger partial charge in [0.15, 0.2) is 5.82 Å². The van der Waals surface area contributed by atoms with Gasteiger partial charge in [-0.1, -0.05) is 43.5 Å². The monoisotopic (exact) mass is 522 g/mol. The maximum absolute atomic E-state index is 5.08. The van der Waals surface area contributed by atoms with Gasteiger partial charge in [0.05, 0.1) is 11.2 Å². The normalized spacial score (nSPS) is 18.1. The van der Waals surface area contributed by atoms with Crippen LogP contribution in [0.15, 0.2) is 67.3 Å². The molecule has 2 aromatic heterocycles. The minimum absolute atomic E-state index is 0.720. The van der Waals surface area contributed by atoms with Crippen molar-refractivity contribution in [1.82, 2.24) is 30.4 Å². The lowest BCUT2D eigenvalue weighted by molar-refractivity contribution is 0.325. The summed E-state index contributed by atoms with van der Waals surface area (Å²) in [4.78, 5) is 11.0. The quantitative estimate of drug-likeness (QED) is 0.260. The number of nitrogens with zero attached hydrogens (tertiary/aromatic N) is 3. The number of aryl methyl sites for hydroxylation is 1. The van der Waals surface area contributed by atoms with Crippen LogP contribution in [0.4, 0.5) is 0 Å². The van der Waals surface area contributed by atoms with Gasteiger partial charge in [-0.3, -0.25) is 5.10 Å². The summed E-state index contributed by atoms with van der Waals surface area (Å²) in [6.45, 7) is 16.6. The number of likely N-dealkylation sites (tertiary alicyclic amines) is 1. The fourth-order valence-electron chi connectivity index (χ4n) is 5.93. The smallest absolute Gasteiger partial charge is 0.159 e. The number of allylic oxidation sites excluding steroid dienone is 7. The van der Waals surface area contributed by atoms with Crippen LogP contribution in [0.5, 0.6) is 0 Å². The predicted octanol–water partition coefficient (Wildman–Crippen LogP) is 7.18. The minimum Gasteiger partial charge on any atom is -0.370 e. The SMILES string of the molecule is C=C/C=C(\c1nc(-c2n[nH]c3ccc(C(/C=C(\C=C)CC4CCNCC4)=C/C)cc23)[nH]c1C)N1CCCCC1. The topological polar surface area (TPSA) is 72.6 Å². The van der Waals surface area contributed by atoms with Crippen molar-refractivity contribution in [3.63, 3.8) is 0 Å². The molecule has 2 saturated heterocycles. The van der Waals surface area contributed by atoms with Crippen LogP contribution in [0, 0.1) is 12.8 Å². The van der Waals surface area contributed by atoms with Crippen molar-refractivity contribution in [3.05, 3.63) is 84.3 Å². The Balaban J connectivity index is 1.46. The highest BCUT2D eigenvalue weighted by Crippen LogP contribution is 2.32. The number of hydrogen-bond acceptors (Lipinski definition) is 4. The summed E-state index contributed by atoms with van der Waals surface area (Å²) in [6, 6.07) is 6.52. The summed E-state index contributed by atoms with van der Waals surface area (Å²) in [5.74, 6) is 1.51. The van der Waals surface area contributed by atoms with Gasteiger partial charge in [0.1, 0.15) is 11.4 Å². The summed E-state index contributed by atoms with van der Waals surface area (Å²) >= 11 is 0. The third kappa shape index (κ3) is 6.01. The highest BCUT2D eigenvalue weighted by Gasteiger charge is 2.22. The highest BCUT2D eigenvalue weighted by molar-refractivity contribution is 5.94. The number of H-pyrrole nitrogens is 2. The number of benzene rings is 1. The van der Waals surface area contributed by atoms with Gasteiger partial charge in [0, 0.05) is 24.2 Å². The first-order chi connectivity index (χ1) is 19.1. The van der Waals surface area contributed by atoms with E-state index in [1.54, 1.807) is 0 Å². The first-order valence-electron chi connectivity index (χ1n) is 14.4. The van der Waals surface area contributed by atoms with Crippen LogP contribution >= 0.6 is 0 Å². The van der Waals surface area contributed by atoms with Gasteiger partial charge in [-0.15, -0.1) is 0 Å². The van der Waals surface area contributed by atoms with E-state index in [-0.39, 0.29) is 0 Å². The molecule has 1 aromatic carbocycles. The number of hydrogen-bond donors (Lipinski definition) is 3. The fraction of sp³-hybridized carbons (Fsp3) is 0.394. The molecule has 3 aromatic rings. The Bertz CT molecular complexity index is 1400. The summed E-state index contributed by atoms with van der Waals surface area (Å²) in [7, 11) is 0. The molecule has 5 rings (SSSR count). The molecule has 0 bridgehead atoms. The van der Waals surface area contributed by atoms with Gasteiger partial charge in [-0.2, -0.15) is 5.10 Å². The Morgan fingerprint density at radius 2 is 1.92 bits per heavy atom. The largest absolute Gasteiger partial charge is 0.370 e. The molecule has 4 heterocycles. The fourth-order valence-corrected chi connectivity index (χ4v) is 5.93. The third-order valence-electron chi connectivity index (χ3n) is 8.12. The molecule has 2 fully saturated rings. The molecule has 2 aliphatic heterocycles. The highest BCUT2D eigenvalue weighted by atomic mass is 15.2. The van der Waals surface area contributed by atoms with Gasteiger partial charge in [0.2, 0.25) is 0 Å². The van der Waals surface area contributed by atoms with Crippen LogP contribution < -0.4 is 5.32 Å². The van der Waals surface area contributed by atoms with E-state index in [4.69, 9.17) is 4.98 Å². The molecular weight excluding hydrogens is 480 g/mol. The molecule has 0 amide bonds. The number of fused-ring (bicyclic) bond motifs is 1. The van der Waals surface area contributed by atoms with Crippen molar-refractivity contribution >= 4 is 22.2 Å². The number of imidazole rings is 1. The van der Waals surface area contributed by atoms with E-state index in [1.807, 2.05) is 12.2 Å². The first kappa shape index (κ1) is 26.9. The van der Waals surface area contributed by atoms with Gasteiger partial charge in [-0.05, 0) is 106 Å². The molecule has 0 radical (unpaired) electrons. The van der Waals surface area contributed by atoms with Crippen molar-refractivity contribution in [2.45, 2.75) is 52.4 Å². The second-order valence-corrected chi connectivity index (χ2v) is 10.8. The average molecular weight is 523 g/mol. The molecule has 2 aliphatic rings. The molecule has 6 heteroatoms. The number of piperidine rings is 2. The van der Waals surface area contributed by atoms with E-state index in [2.05, 4.69) is 88.8 Å². The zero-order valence-electron chi connectivity index (χ0n) is 23.5. The van der Waals surface area contributed by atoms with Crippen molar-refractivity contribution < 1.29 is 0 Å². The zero-order valence-corrected chi connectivity index (χ0v) is 23.5. The molecule has 204 valence electrons. The van der Waals surface area contributed by atoms with Crippen LogP contribution in [0.3, 0.4) is 0 Å². The lowest BCUT2D eigenvalue weighted by Gasteiger charge is -2.30. The molecule has 6 nitrogen and oxygen atoms in total. The third-order valence-corrected chi connectivity index (χ3v) is 8.12. The maximum atomic E-state index is 5.08. The molecule has 3 N–H and O–H groups in total. The molecule has 0 aliphatic carbocycles. The van der Waals surface area contributed by atoms with E-state index in [1.165, 1.54) is 48.8 Å². The van der Waals surface area contributed by atoms with Gasteiger partial charge in [-0.25, -0.2) is 4.98 Å². The summed E-state index contributed by atoms with van der Waals surface area (Å²) < 4.78 is 0. The van der Waals surface area contributed by atoms with Gasteiger partial charge in [0.25, 0.3) is 0 Å².